The smallest absolute Gasteiger partial charge is 0.194 e. The van der Waals surface area contributed by atoms with E-state index in [0.29, 0.717) is 9.41 Å². The number of nitrogens with zero attached hydrogens (tertiary/aromatic N) is 2. The molecule has 0 atom stereocenters. The van der Waals surface area contributed by atoms with Crippen molar-refractivity contribution in [1.82, 2.24) is 14.8 Å². The summed E-state index contributed by atoms with van der Waals surface area (Å²) in [6, 6.07) is 9.79. The lowest BCUT2D eigenvalue weighted by Gasteiger charge is -2.04. The van der Waals surface area contributed by atoms with Crippen molar-refractivity contribution in [3.05, 3.63) is 39.7 Å². The predicted molar refractivity (Wildman–Crippen MR) is 64.7 cm³/mol. The van der Waals surface area contributed by atoms with E-state index in [4.69, 9.17) is 24.4 Å². The maximum Gasteiger partial charge on any atom is 0.194 e. The average Bonchev–Trinajstić information content (AvgIpc) is 2.27. The lowest BCUT2D eigenvalue weighted by atomic mass is 10.2. The van der Waals surface area contributed by atoms with Crippen LogP contribution in [0.3, 0.4) is 0 Å². The lowest BCUT2D eigenvalue weighted by Crippen LogP contribution is -2.02. The monoisotopic (exact) mass is 235 g/mol. The Morgan fingerprint density at radius 3 is 2.53 bits per heavy atom. The van der Waals surface area contributed by atoms with E-state index in [9.17, 15) is 0 Å². The van der Waals surface area contributed by atoms with Crippen molar-refractivity contribution in [2.75, 3.05) is 0 Å². The molecule has 0 saturated heterocycles. The van der Waals surface area contributed by atoms with E-state index in [2.05, 4.69) is 10.2 Å². The average molecular weight is 235 g/mol. The van der Waals surface area contributed by atoms with Crippen LogP contribution in [0.15, 0.2) is 30.3 Å². The molecule has 1 N–H and O–H groups in total. The van der Waals surface area contributed by atoms with E-state index in [0.717, 1.165) is 11.3 Å². The second kappa shape index (κ2) is 4.04. The molecule has 1 aromatic carbocycles. The first-order chi connectivity index (χ1) is 7.20. The SMILES string of the molecule is Cn1c(=S)[nH]nc(-c2ccccc2)c1=S. The van der Waals surface area contributed by atoms with Crippen molar-refractivity contribution in [1.29, 1.82) is 0 Å². The fourth-order valence-corrected chi connectivity index (χ4v) is 1.71. The molecule has 0 aliphatic heterocycles. The molecular weight excluding hydrogens is 226 g/mol. The second-order valence-electron chi connectivity index (χ2n) is 3.11. The van der Waals surface area contributed by atoms with Crippen molar-refractivity contribution in [2.45, 2.75) is 0 Å². The molecule has 76 valence electrons. The van der Waals surface area contributed by atoms with Gasteiger partial charge in [0.05, 0.1) is 0 Å². The van der Waals surface area contributed by atoms with Crippen molar-refractivity contribution in [3.8, 4) is 11.3 Å². The van der Waals surface area contributed by atoms with Gasteiger partial charge in [0.15, 0.2) is 4.77 Å². The Morgan fingerprint density at radius 2 is 1.87 bits per heavy atom. The minimum atomic E-state index is 0.527. The summed E-state index contributed by atoms with van der Waals surface area (Å²) in [5.41, 5.74) is 1.74. The zero-order chi connectivity index (χ0) is 10.8. The number of hydrogen-bond acceptors (Lipinski definition) is 3. The van der Waals surface area contributed by atoms with Crippen LogP contribution in [0.2, 0.25) is 0 Å². The zero-order valence-electron chi connectivity index (χ0n) is 8.10. The Kier molecular flexibility index (Phi) is 2.75. The van der Waals surface area contributed by atoms with E-state index < -0.39 is 0 Å². The summed E-state index contributed by atoms with van der Waals surface area (Å²) in [4.78, 5) is 0. The Balaban J connectivity index is 2.71. The Bertz CT molecular complexity index is 584. The number of rotatable bonds is 1. The molecule has 0 aliphatic carbocycles. The van der Waals surface area contributed by atoms with Gasteiger partial charge in [-0.2, -0.15) is 5.10 Å². The van der Waals surface area contributed by atoms with Crippen LogP contribution < -0.4 is 0 Å². The summed E-state index contributed by atoms with van der Waals surface area (Å²) in [6.07, 6.45) is 0. The van der Waals surface area contributed by atoms with Gasteiger partial charge in [-0.05, 0) is 12.2 Å². The first-order valence-electron chi connectivity index (χ1n) is 4.41. The quantitative estimate of drug-likeness (QED) is 0.772. The molecule has 0 radical (unpaired) electrons. The summed E-state index contributed by atoms with van der Waals surface area (Å²) in [5.74, 6) is 0. The highest BCUT2D eigenvalue weighted by Crippen LogP contribution is 2.16. The van der Waals surface area contributed by atoms with E-state index in [-0.39, 0.29) is 0 Å². The highest BCUT2D eigenvalue weighted by atomic mass is 32.1. The molecule has 0 saturated carbocycles. The predicted octanol–water partition coefficient (Wildman–Crippen LogP) is 2.87. The Hall–Kier alpha value is -1.33. The Morgan fingerprint density at radius 1 is 1.20 bits per heavy atom. The molecule has 1 aromatic heterocycles. The topological polar surface area (TPSA) is 33.6 Å². The molecule has 0 spiro atoms. The van der Waals surface area contributed by atoms with Gasteiger partial charge in [0.25, 0.3) is 0 Å². The normalized spacial score (nSPS) is 10.2. The summed E-state index contributed by atoms with van der Waals surface area (Å²) < 4.78 is 2.91. The molecule has 0 aliphatic rings. The van der Waals surface area contributed by atoms with Crippen LogP contribution >= 0.6 is 24.4 Å². The van der Waals surface area contributed by atoms with Gasteiger partial charge in [-0.15, -0.1) is 0 Å². The van der Waals surface area contributed by atoms with Gasteiger partial charge in [0.2, 0.25) is 0 Å². The third-order valence-electron chi connectivity index (χ3n) is 2.12. The molecule has 3 nitrogen and oxygen atoms in total. The number of nitrogens with one attached hydrogen (secondary N) is 1. The van der Waals surface area contributed by atoms with Crippen LogP contribution in [0, 0.1) is 9.41 Å². The van der Waals surface area contributed by atoms with Crippen LogP contribution in [-0.2, 0) is 7.05 Å². The van der Waals surface area contributed by atoms with Gasteiger partial charge in [0.1, 0.15) is 10.3 Å². The van der Waals surface area contributed by atoms with Crippen molar-refractivity contribution in [3.63, 3.8) is 0 Å². The number of aromatic nitrogens is 3. The van der Waals surface area contributed by atoms with Crippen LogP contribution in [-0.4, -0.2) is 14.8 Å². The first-order valence-corrected chi connectivity index (χ1v) is 5.23. The molecule has 1 heterocycles. The highest BCUT2D eigenvalue weighted by Gasteiger charge is 2.02. The van der Waals surface area contributed by atoms with Crippen LogP contribution in [0.1, 0.15) is 0 Å². The van der Waals surface area contributed by atoms with Crippen LogP contribution in [0.4, 0.5) is 0 Å². The number of aromatic amines is 1. The Labute approximate surface area is 97.4 Å². The van der Waals surface area contributed by atoms with Gasteiger partial charge in [-0.1, -0.05) is 42.5 Å². The van der Waals surface area contributed by atoms with Gasteiger partial charge in [-0.3, -0.25) is 5.10 Å². The molecule has 15 heavy (non-hydrogen) atoms. The van der Waals surface area contributed by atoms with Crippen molar-refractivity contribution in [2.24, 2.45) is 7.05 Å². The summed E-state index contributed by atoms with van der Waals surface area (Å²) in [5, 5.41) is 6.92. The standard InChI is InChI=1S/C10H9N3S2/c1-13-9(14)8(11-12-10(13)15)7-5-3-2-4-6-7/h2-6H,1H3,(H,12,15). The maximum atomic E-state index is 5.28. The minimum absolute atomic E-state index is 0.527. The molecule has 2 aromatic rings. The van der Waals surface area contributed by atoms with Crippen molar-refractivity contribution < 1.29 is 0 Å². The fraction of sp³-hybridized carbons (Fsp3) is 0.100. The van der Waals surface area contributed by atoms with Crippen LogP contribution in [0.25, 0.3) is 11.3 Å². The zero-order valence-corrected chi connectivity index (χ0v) is 9.73. The van der Waals surface area contributed by atoms with Gasteiger partial charge >= 0.3 is 0 Å². The van der Waals surface area contributed by atoms with Gasteiger partial charge < -0.3 is 4.57 Å². The molecule has 2 rings (SSSR count). The van der Waals surface area contributed by atoms with Gasteiger partial charge in [0, 0.05) is 12.6 Å². The van der Waals surface area contributed by atoms with E-state index in [1.54, 1.807) is 4.57 Å². The minimum Gasteiger partial charge on any atom is -0.310 e. The number of hydrogen-bond donors (Lipinski definition) is 1. The van der Waals surface area contributed by atoms with E-state index >= 15 is 0 Å². The number of benzene rings is 1. The highest BCUT2D eigenvalue weighted by molar-refractivity contribution is 7.72. The maximum absolute atomic E-state index is 5.28. The summed E-state index contributed by atoms with van der Waals surface area (Å²) >= 11 is 10.3. The third-order valence-corrected chi connectivity index (χ3v) is 2.95. The van der Waals surface area contributed by atoms with Gasteiger partial charge in [-0.25, -0.2) is 0 Å². The van der Waals surface area contributed by atoms with E-state index in [1.165, 1.54) is 0 Å². The number of H-pyrrole nitrogens is 1. The molecule has 5 heteroatoms. The van der Waals surface area contributed by atoms with Crippen molar-refractivity contribution >= 4 is 24.4 Å². The molecular formula is C10H9N3S2. The summed E-state index contributed by atoms with van der Waals surface area (Å²) in [7, 11) is 1.83. The molecule has 0 unspecified atom stereocenters. The van der Waals surface area contributed by atoms with E-state index in [1.807, 2.05) is 37.4 Å². The lowest BCUT2D eigenvalue weighted by molar-refractivity contribution is 0.781. The molecule has 0 fully saturated rings. The molecule has 0 amide bonds. The summed E-state index contributed by atoms with van der Waals surface area (Å²) in [6.45, 7) is 0. The first kappa shape index (κ1) is 10.2. The second-order valence-corrected chi connectivity index (χ2v) is 3.88. The third kappa shape index (κ3) is 1.88. The molecule has 0 bridgehead atoms. The fourth-order valence-electron chi connectivity index (χ4n) is 1.26. The largest absolute Gasteiger partial charge is 0.310 e. The van der Waals surface area contributed by atoms with Crippen LogP contribution in [0.5, 0.6) is 0 Å².